The van der Waals surface area contributed by atoms with Crippen molar-refractivity contribution < 1.29 is 8.42 Å². The van der Waals surface area contributed by atoms with E-state index >= 15 is 0 Å². The first-order valence-corrected chi connectivity index (χ1v) is 8.57. The lowest BCUT2D eigenvalue weighted by atomic mass is 10.4. The third-order valence-electron chi connectivity index (χ3n) is 3.10. The zero-order chi connectivity index (χ0) is 16.3. The highest BCUT2D eigenvalue weighted by Gasteiger charge is 2.09. The standard InChI is InChI=1S/C13H19N5O3S/c1-4-22(20,21)14-7-8-17-13(19)6-5-12(16-17)18-11(3)9-10(2)15-18/h5-6,9,14H,4,7-8H2,1-3H3. The van der Waals surface area contributed by atoms with E-state index in [4.69, 9.17) is 0 Å². The number of nitrogens with zero attached hydrogens (tertiary/aromatic N) is 4. The van der Waals surface area contributed by atoms with Gasteiger partial charge in [-0.25, -0.2) is 22.5 Å². The summed E-state index contributed by atoms with van der Waals surface area (Å²) in [7, 11) is -3.28. The molecule has 22 heavy (non-hydrogen) atoms. The first-order chi connectivity index (χ1) is 10.3. The van der Waals surface area contributed by atoms with E-state index in [0.717, 1.165) is 11.4 Å². The van der Waals surface area contributed by atoms with Gasteiger partial charge in [0.25, 0.3) is 5.56 Å². The Kier molecular flexibility index (Phi) is 4.77. The summed E-state index contributed by atoms with van der Waals surface area (Å²) in [6.45, 7) is 5.59. The maximum atomic E-state index is 11.8. The van der Waals surface area contributed by atoms with E-state index in [-0.39, 0.29) is 24.4 Å². The highest BCUT2D eigenvalue weighted by atomic mass is 32.2. The molecule has 0 aliphatic rings. The van der Waals surface area contributed by atoms with Gasteiger partial charge in [0.15, 0.2) is 5.82 Å². The molecule has 0 saturated carbocycles. The maximum absolute atomic E-state index is 11.8. The van der Waals surface area contributed by atoms with E-state index in [0.29, 0.717) is 5.82 Å². The summed E-state index contributed by atoms with van der Waals surface area (Å²) in [6.07, 6.45) is 0. The van der Waals surface area contributed by atoms with Crippen LogP contribution in [-0.4, -0.2) is 40.3 Å². The monoisotopic (exact) mass is 325 g/mol. The lowest BCUT2D eigenvalue weighted by Crippen LogP contribution is -2.33. The highest BCUT2D eigenvalue weighted by molar-refractivity contribution is 7.89. The zero-order valence-electron chi connectivity index (χ0n) is 12.8. The first-order valence-electron chi connectivity index (χ1n) is 6.91. The van der Waals surface area contributed by atoms with E-state index in [1.54, 1.807) is 17.7 Å². The van der Waals surface area contributed by atoms with Crippen LogP contribution in [0.25, 0.3) is 5.82 Å². The summed E-state index contributed by atoms with van der Waals surface area (Å²) < 4.78 is 28.0. The molecule has 0 bridgehead atoms. The van der Waals surface area contributed by atoms with Gasteiger partial charge in [0.1, 0.15) is 0 Å². The largest absolute Gasteiger partial charge is 0.268 e. The molecule has 2 heterocycles. The normalized spacial score (nSPS) is 11.8. The second kappa shape index (κ2) is 6.41. The zero-order valence-corrected chi connectivity index (χ0v) is 13.6. The molecule has 0 amide bonds. The Morgan fingerprint density at radius 1 is 1.23 bits per heavy atom. The molecular weight excluding hydrogens is 306 g/mol. The SMILES string of the molecule is CCS(=O)(=O)NCCn1nc(-n2nc(C)cc2C)ccc1=O. The molecule has 2 aromatic heterocycles. The van der Waals surface area contributed by atoms with Crippen molar-refractivity contribution in [2.24, 2.45) is 0 Å². The number of aromatic nitrogens is 4. The molecule has 0 aromatic carbocycles. The molecule has 0 saturated heterocycles. The predicted molar refractivity (Wildman–Crippen MR) is 82.6 cm³/mol. The van der Waals surface area contributed by atoms with Crippen molar-refractivity contribution in [2.45, 2.75) is 27.3 Å². The van der Waals surface area contributed by atoms with E-state index in [1.807, 2.05) is 19.9 Å². The molecule has 9 heteroatoms. The average molecular weight is 325 g/mol. The van der Waals surface area contributed by atoms with Gasteiger partial charge < -0.3 is 0 Å². The molecular formula is C13H19N5O3S. The van der Waals surface area contributed by atoms with Crippen LogP contribution in [0.4, 0.5) is 0 Å². The van der Waals surface area contributed by atoms with Gasteiger partial charge >= 0.3 is 0 Å². The van der Waals surface area contributed by atoms with Crippen molar-refractivity contribution in [3.05, 3.63) is 39.9 Å². The molecule has 0 radical (unpaired) electrons. The van der Waals surface area contributed by atoms with Gasteiger partial charge in [0.2, 0.25) is 10.0 Å². The molecule has 0 atom stereocenters. The Morgan fingerprint density at radius 2 is 1.95 bits per heavy atom. The molecule has 8 nitrogen and oxygen atoms in total. The van der Waals surface area contributed by atoms with Crippen molar-refractivity contribution in [1.82, 2.24) is 24.3 Å². The molecule has 0 unspecified atom stereocenters. The minimum Gasteiger partial charge on any atom is -0.268 e. The van der Waals surface area contributed by atoms with E-state index in [2.05, 4.69) is 14.9 Å². The lowest BCUT2D eigenvalue weighted by Gasteiger charge is -2.09. The lowest BCUT2D eigenvalue weighted by molar-refractivity contribution is 0.541. The van der Waals surface area contributed by atoms with Crippen molar-refractivity contribution in [3.8, 4) is 5.82 Å². The van der Waals surface area contributed by atoms with Gasteiger partial charge in [-0.05, 0) is 32.9 Å². The Balaban J connectivity index is 2.21. The highest BCUT2D eigenvalue weighted by Crippen LogP contribution is 2.07. The second-order valence-corrected chi connectivity index (χ2v) is 6.99. The fraction of sp³-hybridized carbons (Fsp3) is 0.462. The van der Waals surface area contributed by atoms with Crippen LogP contribution in [0, 0.1) is 13.8 Å². The van der Waals surface area contributed by atoms with Gasteiger partial charge in [-0.3, -0.25) is 4.79 Å². The molecule has 0 aliphatic heterocycles. The minimum absolute atomic E-state index is 0.00112. The molecule has 2 aromatic rings. The van der Waals surface area contributed by atoms with Crippen LogP contribution in [0.1, 0.15) is 18.3 Å². The second-order valence-electron chi connectivity index (χ2n) is 4.89. The molecule has 1 N–H and O–H groups in total. The van der Waals surface area contributed by atoms with Gasteiger partial charge in [0, 0.05) is 18.3 Å². The van der Waals surface area contributed by atoms with Crippen LogP contribution in [0.5, 0.6) is 0 Å². The number of hydrogen-bond acceptors (Lipinski definition) is 5. The summed E-state index contributed by atoms with van der Waals surface area (Å²) in [4.78, 5) is 11.8. The molecule has 0 spiro atoms. The third-order valence-corrected chi connectivity index (χ3v) is 4.51. The maximum Gasteiger partial charge on any atom is 0.266 e. The summed E-state index contributed by atoms with van der Waals surface area (Å²) in [5.41, 5.74) is 1.47. The van der Waals surface area contributed by atoms with Crippen LogP contribution in [0.3, 0.4) is 0 Å². The predicted octanol–water partition coefficient (Wildman–Crippen LogP) is -0.0149. The van der Waals surface area contributed by atoms with Crippen LogP contribution in [-0.2, 0) is 16.6 Å². The van der Waals surface area contributed by atoms with Crippen molar-refractivity contribution >= 4 is 10.0 Å². The number of sulfonamides is 1. The molecule has 0 aliphatic carbocycles. The fourth-order valence-corrected chi connectivity index (χ4v) is 2.59. The number of nitrogens with one attached hydrogen (secondary N) is 1. The minimum atomic E-state index is -3.28. The van der Waals surface area contributed by atoms with E-state index in [1.165, 1.54) is 10.7 Å². The molecule has 2 rings (SSSR count). The molecule has 120 valence electrons. The van der Waals surface area contributed by atoms with Crippen LogP contribution < -0.4 is 10.3 Å². The van der Waals surface area contributed by atoms with E-state index in [9.17, 15) is 13.2 Å². The van der Waals surface area contributed by atoms with Crippen molar-refractivity contribution in [1.29, 1.82) is 0 Å². The van der Waals surface area contributed by atoms with Gasteiger partial charge in [-0.2, -0.15) is 5.10 Å². The summed E-state index contributed by atoms with van der Waals surface area (Å²) in [6, 6.07) is 4.90. The van der Waals surface area contributed by atoms with Gasteiger partial charge in [-0.15, -0.1) is 5.10 Å². The number of hydrogen-bond donors (Lipinski definition) is 1. The van der Waals surface area contributed by atoms with Crippen molar-refractivity contribution in [2.75, 3.05) is 12.3 Å². The Hall–Kier alpha value is -2.00. The van der Waals surface area contributed by atoms with Crippen LogP contribution in [0.2, 0.25) is 0 Å². The smallest absolute Gasteiger partial charge is 0.266 e. The summed E-state index contributed by atoms with van der Waals surface area (Å²) >= 11 is 0. The van der Waals surface area contributed by atoms with Gasteiger partial charge in [-0.1, -0.05) is 0 Å². The number of aryl methyl sites for hydroxylation is 2. The van der Waals surface area contributed by atoms with Crippen LogP contribution >= 0.6 is 0 Å². The fourth-order valence-electron chi connectivity index (χ4n) is 1.98. The van der Waals surface area contributed by atoms with Crippen LogP contribution in [0.15, 0.2) is 23.0 Å². The Bertz CT molecular complexity index is 822. The Labute approximate surface area is 128 Å². The average Bonchev–Trinajstić information content (AvgIpc) is 2.80. The van der Waals surface area contributed by atoms with Crippen molar-refractivity contribution in [3.63, 3.8) is 0 Å². The summed E-state index contributed by atoms with van der Waals surface area (Å²) in [5.74, 6) is 0.518. The number of rotatable bonds is 6. The molecule has 0 fully saturated rings. The van der Waals surface area contributed by atoms with Gasteiger partial charge in [0.05, 0.1) is 18.0 Å². The topological polar surface area (TPSA) is 98.9 Å². The quantitative estimate of drug-likeness (QED) is 0.805. The first kappa shape index (κ1) is 16.4. The third kappa shape index (κ3) is 3.80. The van der Waals surface area contributed by atoms with E-state index < -0.39 is 10.0 Å². The Morgan fingerprint density at radius 3 is 2.55 bits per heavy atom. The summed E-state index contributed by atoms with van der Waals surface area (Å²) in [5, 5.41) is 8.54.